The number of hydrogen-bond acceptors (Lipinski definition) is 7. The highest BCUT2D eigenvalue weighted by molar-refractivity contribution is 7.14. The fraction of sp³-hybridized carbons (Fsp3) is 0.105. The minimum absolute atomic E-state index is 0.131. The lowest BCUT2D eigenvalue weighted by molar-refractivity contribution is -0.119. The van der Waals surface area contributed by atoms with Crippen molar-refractivity contribution in [3.8, 4) is 17.3 Å². The van der Waals surface area contributed by atoms with Gasteiger partial charge in [-0.15, -0.1) is 11.3 Å². The molecule has 0 unspecified atom stereocenters. The first-order chi connectivity index (χ1) is 14.1. The van der Waals surface area contributed by atoms with E-state index < -0.39 is 0 Å². The maximum absolute atomic E-state index is 12.4. The molecule has 0 aliphatic carbocycles. The fourth-order valence-electron chi connectivity index (χ4n) is 2.50. The Morgan fingerprint density at radius 1 is 1.24 bits per heavy atom. The lowest BCUT2D eigenvalue weighted by Crippen LogP contribution is -2.18. The highest BCUT2D eigenvalue weighted by Crippen LogP contribution is 2.27. The quantitative estimate of drug-likeness (QED) is 0.507. The summed E-state index contributed by atoms with van der Waals surface area (Å²) < 4.78 is 7.28. The average Bonchev–Trinajstić information content (AvgIpc) is 3.47. The van der Waals surface area contributed by atoms with E-state index in [4.69, 9.17) is 4.42 Å². The Kier molecular flexibility index (Phi) is 5.16. The van der Waals surface area contributed by atoms with Crippen LogP contribution in [0.15, 0.2) is 58.7 Å². The molecule has 0 saturated heterocycles. The molecule has 0 radical (unpaired) electrons. The Morgan fingerprint density at radius 2 is 2.14 bits per heavy atom. The van der Waals surface area contributed by atoms with Crippen LogP contribution in [0.25, 0.3) is 17.3 Å². The molecule has 0 aromatic carbocycles. The predicted octanol–water partition coefficient (Wildman–Crippen LogP) is 2.87. The van der Waals surface area contributed by atoms with Gasteiger partial charge in [0.25, 0.3) is 5.91 Å². The molecule has 0 spiro atoms. The minimum atomic E-state index is -0.309. The third-order valence-corrected chi connectivity index (χ3v) is 4.66. The van der Waals surface area contributed by atoms with E-state index in [0.717, 1.165) is 0 Å². The number of thiazole rings is 1. The first-order valence-corrected chi connectivity index (χ1v) is 9.53. The van der Waals surface area contributed by atoms with E-state index >= 15 is 0 Å². The van der Waals surface area contributed by atoms with Crippen molar-refractivity contribution in [2.45, 2.75) is 13.5 Å². The summed E-state index contributed by atoms with van der Waals surface area (Å²) in [5.74, 6) is 1.37. The van der Waals surface area contributed by atoms with Crippen LogP contribution >= 0.6 is 11.3 Å². The second kappa shape index (κ2) is 8.07. The van der Waals surface area contributed by atoms with Crippen LogP contribution in [0.4, 0.5) is 5.13 Å². The molecule has 0 bridgehead atoms. The van der Waals surface area contributed by atoms with Crippen molar-refractivity contribution in [3.63, 3.8) is 0 Å². The maximum Gasteiger partial charge on any atom is 0.259 e. The number of rotatable bonds is 6. The third kappa shape index (κ3) is 4.38. The largest absolute Gasteiger partial charge is 0.458 e. The summed E-state index contributed by atoms with van der Waals surface area (Å²) in [5.41, 5.74) is 1.01. The van der Waals surface area contributed by atoms with E-state index in [1.807, 2.05) is 0 Å². The number of aromatic nitrogens is 4. The first kappa shape index (κ1) is 18.6. The molecule has 2 N–H and O–H groups in total. The molecular formula is C19H16N6O3S. The first-order valence-electron chi connectivity index (χ1n) is 8.65. The Morgan fingerprint density at radius 3 is 2.86 bits per heavy atom. The van der Waals surface area contributed by atoms with Gasteiger partial charge >= 0.3 is 0 Å². The van der Waals surface area contributed by atoms with E-state index in [1.54, 1.807) is 52.8 Å². The van der Waals surface area contributed by atoms with Gasteiger partial charge in [-0.25, -0.2) is 14.6 Å². The van der Waals surface area contributed by atoms with Gasteiger partial charge in [-0.2, -0.15) is 5.10 Å². The van der Waals surface area contributed by atoms with Gasteiger partial charge < -0.3 is 9.73 Å². The smallest absolute Gasteiger partial charge is 0.259 e. The molecule has 29 heavy (non-hydrogen) atoms. The van der Waals surface area contributed by atoms with Gasteiger partial charge in [0, 0.05) is 30.9 Å². The van der Waals surface area contributed by atoms with Crippen LogP contribution < -0.4 is 10.6 Å². The Balaban J connectivity index is 1.41. The van der Waals surface area contributed by atoms with Gasteiger partial charge in [0.1, 0.15) is 11.5 Å². The van der Waals surface area contributed by atoms with Crippen LogP contribution in [0.2, 0.25) is 0 Å². The third-order valence-electron chi connectivity index (χ3n) is 3.90. The highest BCUT2D eigenvalue weighted by atomic mass is 32.1. The summed E-state index contributed by atoms with van der Waals surface area (Å²) in [5, 5.41) is 11.8. The zero-order valence-electron chi connectivity index (χ0n) is 15.3. The van der Waals surface area contributed by atoms with Crippen LogP contribution in [-0.2, 0) is 11.3 Å². The molecule has 0 aliphatic rings. The molecule has 146 valence electrons. The Bertz CT molecular complexity index is 1130. The fourth-order valence-corrected chi connectivity index (χ4v) is 3.19. The summed E-state index contributed by atoms with van der Waals surface area (Å²) in [7, 11) is 0. The molecular weight excluding hydrogens is 392 g/mol. The van der Waals surface area contributed by atoms with E-state index in [1.165, 1.54) is 24.5 Å². The number of anilines is 1. The zero-order chi connectivity index (χ0) is 20.2. The highest BCUT2D eigenvalue weighted by Gasteiger charge is 2.13. The van der Waals surface area contributed by atoms with Gasteiger partial charge in [-0.05, 0) is 30.3 Å². The van der Waals surface area contributed by atoms with Gasteiger partial charge in [-0.1, -0.05) is 0 Å². The summed E-state index contributed by atoms with van der Waals surface area (Å²) in [6, 6.07) is 8.74. The zero-order valence-corrected chi connectivity index (χ0v) is 16.1. The van der Waals surface area contributed by atoms with Gasteiger partial charge in [-0.3, -0.25) is 14.9 Å². The van der Waals surface area contributed by atoms with Crippen LogP contribution in [0.5, 0.6) is 0 Å². The van der Waals surface area contributed by atoms with E-state index in [0.29, 0.717) is 40.3 Å². The lowest BCUT2D eigenvalue weighted by Gasteiger charge is -2.03. The number of nitrogens with zero attached hydrogens (tertiary/aromatic N) is 4. The summed E-state index contributed by atoms with van der Waals surface area (Å²) in [4.78, 5) is 32.1. The number of carbonyl (C=O) groups excluding carboxylic acids is 2. The molecule has 0 atom stereocenters. The second-order valence-corrected chi connectivity index (χ2v) is 6.88. The van der Waals surface area contributed by atoms with Crippen molar-refractivity contribution >= 4 is 28.3 Å². The molecule has 4 rings (SSSR count). The van der Waals surface area contributed by atoms with Gasteiger partial charge in [0.15, 0.2) is 16.7 Å². The van der Waals surface area contributed by atoms with E-state index in [2.05, 4.69) is 25.7 Å². The van der Waals surface area contributed by atoms with Gasteiger partial charge in [0.05, 0.1) is 12.1 Å². The van der Waals surface area contributed by atoms with Crippen molar-refractivity contribution in [1.29, 1.82) is 0 Å². The normalized spacial score (nSPS) is 10.7. The average molecular weight is 408 g/mol. The number of furan rings is 1. The molecule has 4 heterocycles. The summed E-state index contributed by atoms with van der Waals surface area (Å²) in [6.45, 7) is 1.75. The Labute approximate surface area is 169 Å². The van der Waals surface area contributed by atoms with Crippen LogP contribution in [0.1, 0.15) is 23.0 Å². The number of hydrogen-bond donors (Lipinski definition) is 2. The monoisotopic (exact) mass is 408 g/mol. The minimum Gasteiger partial charge on any atom is -0.458 e. The molecule has 9 nitrogen and oxygen atoms in total. The SMILES string of the molecule is CC(=O)NCc1ccc(-c2csc(NC(=O)c3ccc(-n4cccn4)nc3)n2)o1. The number of pyridine rings is 1. The lowest BCUT2D eigenvalue weighted by atomic mass is 10.2. The number of amides is 2. The van der Waals surface area contributed by atoms with Crippen LogP contribution in [0, 0.1) is 0 Å². The van der Waals surface area contributed by atoms with Crippen molar-refractivity contribution in [2.24, 2.45) is 0 Å². The standard InChI is InChI=1S/C19H16N6O3S/c1-12(26)20-10-14-4-5-16(28-14)15-11-29-19(23-15)24-18(27)13-3-6-17(21-9-13)25-8-2-7-22-25/h2-9,11H,10H2,1H3,(H,20,26)(H,23,24,27). The van der Waals surface area contributed by atoms with E-state index in [9.17, 15) is 9.59 Å². The topological polar surface area (TPSA) is 115 Å². The summed E-state index contributed by atoms with van der Waals surface area (Å²) in [6.07, 6.45) is 4.92. The molecule has 4 aromatic heterocycles. The van der Waals surface area contributed by atoms with Gasteiger partial charge in [0.2, 0.25) is 5.91 Å². The molecule has 10 heteroatoms. The second-order valence-electron chi connectivity index (χ2n) is 6.02. The van der Waals surface area contributed by atoms with Crippen molar-refractivity contribution in [3.05, 3.63) is 65.6 Å². The molecule has 0 aliphatic heterocycles. The Hall–Kier alpha value is -3.79. The van der Waals surface area contributed by atoms with E-state index in [-0.39, 0.29) is 11.8 Å². The number of carbonyl (C=O) groups is 2. The summed E-state index contributed by atoms with van der Waals surface area (Å²) >= 11 is 1.29. The van der Waals surface area contributed by atoms with Crippen molar-refractivity contribution in [1.82, 2.24) is 25.1 Å². The number of nitrogens with one attached hydrogen (secondary N) is 2. The molecule has 0 saturated carbocycles. The molecule has 0 fully saturated rings. The van der Waals surface area contributed by atoms with Crippen LogP contribution in [0.3, 0.4) is 0 Å². The van der Waals surface area contributed by atoms with Crippen molar-refractivity contribution in [2.75, 3.05) is 5.32 Å². The van der Waals surface area contributed by atoms with Crippen molar-refractivity contribution < 1.29 is 14.0 Å². The van der Waals surface area contributed by atoms with Crippen LogP contribution in [-0.4, -0.2) is 31.6 Å². The maximum atomic E-state index is 12.4. The molecule has 2 amide bonds. The molecule has 4 aromatic rings. The predicted molar refractivity (Wildman–Crippen MR) is 107 cm³/mol.